The van der Waals surface area contributed by atoms with Gasteiger partial charge in [-0.3, -0.25) is 9.54 Å². The maximum atomic E-state index is 10.7. The lowest BCUT2D eigenvalue weighted by Gasteiger charge is -1.97. The first-order valence-electron chi connectivity index (χ1n) is 4.75. The molecule has 0 amide bonds. The van der Waals surface area contributed by atoms with E-state index in [1.807, 2.05) is 30.3 Å². The van der Waals surface area contributed by atoms with Gasteiger partial charge in [0, 0.05) is 5.39 Å². The van der Waals surface area contributed by atoms with Crippen LogP contribution >= 0.6 is 0 Å². The molecule has 19 heavy (non-hydrogen) atoms. The molecule has 0 spiro atoms. The molecule has 0 saturated heterocycles. The monoisotopic (exact) mass is 294 g/mol. The smallest absolute Gasteiger partial charge is 0.397 e. The van der Waals surface area contributed by atoms with Gasteiger partial charge in [0.25, 0.3) is 0 Å². The number of para-hydroxylation sites is 1. The van der Waals surface area contributed by atoms with Gasteiger partial charge >= 0.3 is 15.6 Å². The van der Waals surface area contributed by atoms with E-state index in [1.165, 1.54) is 0 Å². The van der Waals surface area contributed by atoms with E-state index in [1.54, 1.807) is 6.20 Å². The summed E-state index contributed by atoms with van der Waals surface area (Å²) < 4.78 is 57.5. The number of nitrogens with zero attached hydrogens (tertiary/aromatic N) is 1. The molecule has 1 heterocycles. The molecule has 104 valence electrons. The Labute approximate surface area is 106 Å². The topological polar surface area (TPSA) is 93.3 Å². The summed E-state index contributed by atoms with van der Waals surface area (Å²) in [4.78, 5) is 4.16. The maximum Gasteiger partial charge on any atom is 0.522 e. The highest BCUT2D eigenvalue weighted by Gasteiger charge is 2.44. The van der Waals surface area contributed by atoms with Crippen molar-refractivity contribution < 1.29 is 26.1 Å². The first-order valence-corrected chi connectivity index (χ1v) is 6.19. The fraction of sp³-hybridized carbons (Fsp3) is 0.100. The minimum absolute atomic E-state index is 0.712. The maximum absolute atomic E-state index is 10.7. The zero-order chi connectivity index (χ0) is 14.7. The Balaban J connectivity index is 0.000000203. The second-order valence-corrected chi connectivity index (χ2v) is 4.80. The van der Waals surface area contributed by atoms with Crippen LogP contribution in [-0.4, -0.2) is 23.5 Å². The standard InChI is InChI=1S/C9H8N2.CHF3O3S/c10-8-5-7-3-1-2-4-9(7)11-6-8;2-1(3,4)8(5,6)7/h1-6H,10H2;(H,5,6,7). The summed E-state index contributed by atoms with van der Waals surface area (Å²) in [7, 11) is -5.84. The highest BCUT2D eigenvalue weighted by molar-refractivity contribution is 7.86. The van der Waals surface area contributed by atoms with Gasteiger partial charge in [0.1, 0.15) is 0 Å². The van der Waals surface area contributed by atoms with Crippen LogP contribution in [0.4, 0.5) is 18.9 Å². The number of nitrogen functional groups attached to an aromatic ring is 1. The van der Waals surface area contributed by atoms with Gasteiger partial charge in [-0.25, -0.2) is 0 Å². The van der Waals surface area contributed by atoms with E-state index in [-0.39, 0.29) is 0 Å². The zero-order valence-electron chi connectivity index (χ0n) is 9.29. The molecule has 0 atom stereocenters. The Morgan fingerprint density at radius 1 is 1.21 bits per heavy atom. The molecule has 0 fully saturated rings. The van der Waals surface area contributed by atoms with Crippen molar-refractivity contribution in [2.75, 3.05) is 5.73 Å². The molecule has 0 aliphatic rings. The van der Waals surface area contributed by atoms with E-state index >= 15 is 0 Å². The van der Waals surface area contributed by atoms with Gasteiger partial charge < -0.3 is 5.73 Å². The van der Waals surface area contributed by atoms with Crippen molar-refractivity contribution in [2.24, 2.45) is 0 Å². The molecule has 0 aliphatic heterocycles. The Morgan fingerprint density at radius 2 is 1.74 bits per heavy atom. The molecule has 1 aromatic carbocycles. The summed E-state index contributed by atoms with van der Waals surface area (Å²) in [6.45, 7) is 0. The molecular weight excluding hydrogens is 285 g/mol. The third-order valence-electron chi connectivity index (χ3n) is 1.90. The second kappa shape index (κ2) is 5.41. The number of hydrogen-bond acceptors (Lipinski definition) is 4. The van der Waals surface area contributed by atoms with Gasteiger partial charge in [0.2, 0.25) is 0 Å². The molecule has 9 heteroatoms. The van der Waals surface area contributed by atoms with Crippen LogP contribution in [-0.2, 0) is 10.1 Å². The number of pyridine rings is 1. The van der Waals surface area contributed by atoms with Crippen molar-refractivity contribution in [1.29, 1.82) is 0 Å². The second-order valence-electron chi connectivity index (χ2n) is 3.38. The largest absolute Gasteiger partial charge is 0.522 e. The van der Waals surface area contributed by atoms with Crippen LogP contribution < -0.4 is 5.73 Å². The van der Waals surface area contributed by atoms with Crippen LogP contribution in [0.25, 0.3) is 10.9 Å². The van der Waals surface area contributed by atoms with Crippen LogP contribution in [0.1, 0.15) is 0 Å². The van der Waals surface area contributed by atoms with Crippen molar-refractivity contribution in [3.8, 4) is 0 Å². The SMILES string of the molecule is Nc1cnc2ccccc2c1.O=S(=O)(O)C(F)(F)F. The van der Waals surface area contributed by atoms with Gasteiger partial charge in [0.05, 0.1) is 17.4 Å². The molecule has 1 aromatic heterocycles. The number of benzene rings is 1. The minimum atomic E-state index is -5.84. The van der Waals surface area contributed by atoms with Crippen molar-refractivity contribution in [1.82, 2.24) is 4.98 Å². The van der Waals surface area contributed by atoms with Crippen molar-refractivity contribution in [3.63, 3.8) is 0 Å². The van der Waals surface area contributed by atoms with Crippen LogP contribution in [0.2, 0.25) is 0 Å². The van der Waals surface area contributed by atoms with E-state index in [0.29, 0.717) is 5.69 Å². The molecule has 0 aliphatic carbocycles. The predicted octanol–water partition coefficient (Wildman–Crippen LogP) is 2.21. The molecule has 2 aromatic rings. The predicted molar refractivity (Wildman–Crippen MR) is 63.8 cm³/mol. The van der Waals surface area contributed by atoms with Crippen LogP contribution in [0.15, 0.2) is 36.5 Å². The third kappa shape index (κ3) is 4.38. The van der Waals surface area contributed by atoms with E-state index < -0.39 is 15.6 Å². The van der Waals surface area contributed by atoms with E-state index in [9.17, 15) is 13.2 Å². The summed E-state index contributed by atoms with van der Waals surface area (Å²) >= 11 is 0. The Kier molecular flexibility index (Phi) is 4.32. The fourth-order valence-corrected chi connectivity index (χ4v) is 1.09. The number of nitrogens with two attached hydrogens (primary N) is 1. The summed E-state index contributed by atoms with van der Waals surface area (Å²) in [6.07, 6.45) is 1.67. The molecule has 2 rings (SSSR count). The fourth-order valence-electron chi connectivity index (χ4n) is 1.09. The first kappa shape index (κ1) is 15.2. The van der Waals surface area contributed by atoms with Crippen molar-refractivity contribution in [3.05, 3.63) is 36.5 Å². The normalized spacial score (nSPS) is 11.8. The lowest BCUT2D eigenvalue weighted by molar-refractivity contribution is -0.0510. The van der Waals surface area contributed by atoms with Crippen molar-refractivity contribution in [2.45, 2.75) is 5.51 Å². The summed E-state index contributed by atoms with van der Waals surface area (Å²) in [5.41, 5.74) is 1.73. The third-order valence-corrected chi connectivity index (χ3v) is 2.49. The Bertz CT molecular complexity index is 671. The van der Waals surface area contributed by atoms with E-state index in [4.69, 9.17) is 18.7 Å². The summed E-state index contributed by atoms with van der Waals surface area (Å²) in [6, 6.07) is 9.82. The number of fused-ring (bicyclic) bond motifs is 1. The molecule has 3 N–H and O–H groups in total. The lowest BCUT2D eigenvalue weighted by atomic mass is 10.2. The molecular formula is C10H9F3N2O3S. The highest BCUT2D eigenvalue weighted by atomic mass is 32.2. The number of rotatable bonds is 0. The summed E-state index contributed by atoms with van der Waals surface area (Å²) in [5, 5.41) is 1.09. The number of hydrogen-bond donors (Lipinski definition) is 2. The van der Waals surface area contributed by atoms with E-state index in [0.717, 1.165) is 10.9 Å². The van der Waals surface area contributed by atoms with Gasteiger partial charge in [-0.2, -0.15) is 21.6 Å². The van der Waals surface area contributed by atoms with Gasteiger partial charge in [0.15, 0.2) is 0 Å². The van der Waals surface area contributed by atoms with E-state index in [2.05, 4.69) is 4.98 Å². The average molecular weight is 294 g/mol. The minimum Gasteiger partial charge on any atom is -0.397 e. The zero-order valence-corrected chi connectivity index (χ0v) is 10.1. The van der Waals surface area contributed by atoms with Crippen LogP contribution in [0, 0.1) is 0 Å². The molecule has 0 bridgehead atoms. The number of aromatic nitrogens is 1. The van der Waals surface area contributed by atoms with Gasteiger partial charge in [-0.1, -0.05) is 18.2 Å². The van der Waals surface area contributed by atoms with Gasteiger partial charge in [-0.15, -0.1) is 0 Å². The highest BCUT2D eigenvalue weighted by Crippen LogP contribution is 2.20. The molecule has 5 nitrogen and oxygen atoms in total. The quantitative estimate of drug-likeness (QED) is 0.574. The lowest BCUT2D eigenvalue weighted by Crippen LogP contribution is -2.21. The number of anilines is 1. The van der Waals surface area contributed by atoms with Gasteiger partial charge in [-0.05, 0) is 12.1 Å². The Morgan fingerprint density at radius 3 is 2.26 bits per heavy atom. The Hall–Kier alpha value is -1.87. The number of alkyl halides is 3. The van der Waals surface area contributed by atoms with Crippen LogP contribution in [0.3, 0.4) is 0 Å². The average Bonchev–Trinajstić information content (AvgIpc) is 2.27. The first-order chi connectivity index (χ1) is 8.61. The number of halogens is 3. The molecule has 0 unspecified atom stereocenters. The summed E-state index contributed by atoms with van der Waals surface area (Å²) in [5.74, 6) is 0. The van der Waals surface area contributed by atoms with Crippen LogP contribution in [0.5, 0.6) is 0 Å². The molecule has 0 saturated carbocycles. The molecule has 0 radical (unpaired) electrons. The van der Waals surface area contributed by atoms with Crippen molar-refractivity contribution >= 4 is 26.7 Å².